The summed E-state index contributed by atoms with van der Waals surface area (Å²) < 4.78 is 25.0. The molecule has 0 spiro atoms. The Labute approximate surface area is 130 Å². The van der Waals surface area contributed by atoms with E-state index in [1.54, 1.807) is 24.3 Å². The molecule has 0 N–H and O–H groups in total. The van der Waals surface area contributed by atoms with Crippen LogP contribution in [0.2, 0.25) is 0 Å². The van der Waals surface area contributed by atoms with Crippen LogP contribution in [-0.2, 0) is 15.6 Å². The summed E-state index contributed by atoms with van der Waals surface area (Å²) in [6.07, 6.45) is 0. The maximum Gasteiger partial charge on any atom is 0.187 e. The number of carbonyl (C=O) groups excluding carboxylic acids is 1. The monoisotopic (exact) mass is 372 g/mol. The molecule has 3 nitrogen and oxygen atoms in total. The van der Waals surface area contributed by atoms with Gasteiger partial charge in [0.15, 0.2) is 15.6 Å². The summed E-state index contributed by atoms with van der Waals surface area (Å²) in [4.78, 5) is 12.4. The molecule has 0 amide bonds. The average Bonchev–Trinajstić information content (AvgIpc) is 2.78. The van der Waals surface area contributed by atoms with E-state index in [9.17, 15) is 13.2 Å². The summed E-state index contributed by atoms with van der Waals surface area (Å²) in [5, 5.41) is 0. The highest BCUT2D eigenvalue weighted by Gasteiger charge is 2.20. The predicted octanol–water partition coefficient (Wildman–Crippen LogP) is 3.62. The standard InChI is InChI=1S/C14H13BrO3S2/c1-10-4-2-3-5-11(10)8-20(17,18)9-12(16)13-6-7-14(15)19-13/h2-7H,8-9H2,1H3. The van der Waals surface area contributed by atoms with Crippen LogP contribution in [0, 0.1) is 6.92 Å². The first-order valence-electron chi connectivity index (χ1n) is 5.91. The zero-order valence-corrected chi connectivity index (χ0v) is 14.0. The summed E-state index contributed by atoms with van der Waals surface area (Å²) >= 11 is 4.51. The van der Waals surface area contributed by atoms with Gasteiger partial charge in [0.2, 0.25) is 0 Å². The Bertz CT molecular complexity index is 732. The molecule has 0 atom stereocenters. The minimum atomic E-state index is -3.45. The van der Waals surface area contributed by atoms with Crippen LogP contribution >= 0.6 is 27.3 Å². The Morgan fingerprint density at radius 3 is 2.50 bits per heavy atom. The van der Waals surface area contributed by atoms with Gasteiger partial charge in [-0.1, -0.05) is 24.3 Å². The minimum absolute atomic E-state index is 0.0992. The maximum absolute atomic E-state index is 12.1. The lowest BCUT2D eigenvalue weighted by Gasteiger charge is -2.06. The van der Waals surface area contributed by atoms with Crippen LogP contribution in [-0.4, -0.2) is 20.0 Å². The molecule has 2 aromatic rings. The highest BCUT2D eigenvalue weighted by Crippen LogP contribution is 2.23. The third kappa shape index (κ3) is 4.01. The molecule has 1 heterocycles. The molecule has 6 heteroatoms. The maximum atomic E-state index is 12.1. The van der Waals surface area contributed by atoms with Gasteiger partial charge in [-0.2, -0.15) is 0 Å². The first kappa shape index (κ1) is 15.4. The van der Waals surface area contributed by atoms with Gasteiger partial charge in [0, 0.05) is 0 Å². The smallest absolute Gasteiger partial charge is 0.187 e. The van der Waals surface area contributed by atoms with Gasteiger partial charge < -0.3 is 0 Å². The van der Waals surface area contributed by atoms with Crippen LogP contribution in [0.25, 0.3) is 0 Å². The molecule has 1 aromatic carbocycles. The number of rotatable bonds is 5. The molecule has 0 unspecified atom stereocenters. The quantitative estimate of drug-likeness (QED) is 0.753. The van der Waals surface area contributed by atoms with Crippen molar-refractivity contribution in [1.82, 2.24) is 0 Å². The van der Waals surface area contributed by atoms with E-state index in [1.807, 2.05) is 19.1 Å². The molecule has 106 valence electrons. The van der Waals surface area contributed by atoms with E-state index in [0.29, 0.717) is 4.88 Å². The molecule has 0 saturated heterocycles. The Balaban J connectivity index is 2.12. The number of hydrogen-bond acceptors (Lipinski definition) is 4. The fourth-order valence-electron chi connectivity index (χ4n) is 1.80. The highest BCUT2D eigenvalue weighted by molar-refractivity contribution is 9.11. The average molecular weight is 373 g/mol. The van der Waals surface area contributed by atoms with Crippen molar-refractivity contribution in [2.75, 3.05) is 5.75 Å². The van der Waals surface area contributed by atoms with Gasteiger partial charge in [0.25, 0.3) is 0 Å². The summed E-state index contributed by atoms with van der Waals surface area (Å²) in [6, 6.07) is 10.7. The number of aryl methyl sites for hydroxylation is 1. The number of thiophene rings is 1. The van der Waals surface area contributed by atoms with Crippen LogP contribution in [0.3, 0.4) is 0 Å². The van der Waals surface area contributed by atoms with Gasteiger partial charge in [-0.05, 0) is 46.1 Å². The van der Waals surface area contributed by atoms with Gasteiger partial charge in [-0.15, -0.1) is 11.3 Å². The number of Topliss-reactive ketones (excluding diaryl/α,β-unsaturated/α-hetero) is 1. The van der Waals surface area contributed by atoms with E-state index < -0.39 is 15.6 Å². The predicted molar refractivity (Wildman–Crippen MR) is 85.0 cm³/mol. The molecule has 0 aliphatic heterocycles. The van der Waals surface area contributed by atoms with Crippen molar-refractivity contribution >= 4 is 42.9 Å². The van der Waals surface area contributed by atoms with Crippen molar-refractivity contribution in [3.05, 3.63) is 56.2 Å². The first-order chi connectivity index (χ1) is 9.37. The van der Waals surface area contributed by atoms with Crippen LogP contribution in [0.1, 0.15) is 20.8 Å². The first-order valence-corrected chi connectivity index (χ1v) is 9.34. The second-order valence-corrected chi connectivity index (χ2v) is 9.01. The van der Waals surface area contributed by atoms with Crippen molar-refractivity contribution in [2.24, 2.45) is 0 Å². The minimum Gasteiger partial charge on any atom is -0.292 e. The molecule has 0 aliphatic carbocycles. The zero-order chi connectivity index (χ0) is 14.8. The number of hydrogen-bond donors (Lipinski definition) is 0. The van der Waals surface area contributed by atoms with E-state index in [0.717, 1.165) is 14.9 Å². The Kier molecular flexibility index (Phi) is 4.78. The Morgan fingerprint density at radius 2 is 1.90 bits per heavy atom. The van der Waals surface area contributed by atoms with Gasteiger partial charge in [0.05, 0.1) is 14.4 Å². The second kappa shape index (κ2) is 6.20. The number of ketones is 1. The number of halogens is 1. The lowest BCUT2D eigenvalue weighted by Crippen LogP contribution is -2.17. The third-order valence-electron chi connectivity index (χ3n) is 2.84. The lowest BCUT2D eigenvalue weighted by atomic mass is 10.1. The van der Waals surface area contributed by atoms with Crippen LogP contribution in [0.4, 0.5) is 0 Å². The molecule has 0 radical (unpaired) electrons. The normalized spacial score (nSPS) is 11.5. The van der Waals surface area contributed by atoms with E-state index in [1.165, 1.54) is 11.3 Å². The molecule has 1 aromatic heterocycles. The van der Waals surface area contributed by atoms with Crippen molar-refractivity contribution in [3.8, 4) is 0 Å². The number of carbonyl (C=O) groups is 1. The highest BCUT2D eigenvalue weighted by atomic mass is 79.9. The number of sulfone groups is 1. The van der Waals surface area contributed by atoms with Crippen LogP contribution in [0.15, 0.2) is 40.2 Å². The van der Waals surface area contributed by atoms with Crippen molar-refractivity contribution < 1.29 is 13.2 Å². The van der Waals surface area contributed by atoms with Crippen LogP contribution in [0.5, 0.6) is 0 Å². The fourth-order valence-corrected chi connectivity index (χ4v) is 4.66. The number of benzene rings is 1. The Morgan fingerprint density at radius 1 is 1.20 bits per heavy atom. The zero-order valence-electron chi connectivity index (χ0n) is 10.8. The molecule has 2 rings (SSSR count). The fraction of sp³-hybridized carbons (Fsp3) is 0.214. The molecule has 0 aliphatic rings. The SMILES string of the molecule is Cc1ccccc1CS(=O)(=O)CC(=O)c1ccc(Br)s1. The molecule has 20 heavy (non-hydrogen) atoms. The van der Waals surface area contributed by atoms with Crippen molar-refractivity contribution in [2.45, 2.75) is 12.7 Å². The summed E-state index contributed by atoms with van der Waals surface area (Å²) in [5.41, 5.74) is 1.66. The van der Waals surface area contributed by atoms with Gasteiger partial charge in [-0.25, -0.2) is 8.42 Å². The molecular formula is C14H13BrO3S2. The lowest BCUT2D eigenvalue weighted by molar-refractivity contribution is 0.102. The molecule has 0 fully saturated rings. The summed E-state index contributed by atoms with van der Waals surface area (Å²) in [6.45, 7) is 1.86. The van der Waals surface area contributed by atoms with Crippen molar-refractivity contribution in [1.29, 1.82) is 0 Å². The topological polar surface area (TPSA) is 51.2 Å². The van der Waals surface area contributed by atoms with E-state index in [4.69, 9.17) is 0 Å². The molecule has 0 saturated carbocycles. The molecule has 0 bridgehead atoms. The van der Waals surface area contributed by atoms with Gasteiger partial charge >= 0.3 is 0 Å². The summed E-state index contributed by atoms with van der Waals surface area (Å²) in [7, 11) is -3.45. The summed E-state index contributed by atoms with van der Waals surface area (Å²) in [5.74, 6) is -0.902. The van der Waals surface area contributed by atoms with E-state index >= 15 is 0 Å². The van der Waals surface area contributed by atoms with Crippen LogP contribution < -0.4 is 0 Å². The van der Waals surface area contributed by atoms with E-state index in [-0.39, 0.29) is 11.5 Å². The Hall–Kier alpha value is -0.980. The molecular weight excluding hydrogens is 360 g/mol. The second-order valence-electron chi connectivity index (χ2n) is 4.49. The van der Waals surface area contributed by atoms with Gasteiger partial charge in [0.1, 0.15) is 5.75 Å². The van der Waals surface area contributed by atoms with Gasteiger partial charge in [-0.3, -0.25) is 4.79 Å². The third-order valence-corrected chi connectivity index (χ3v) is 5.95. The van der Waals surface area contributed by atoms with E-state index in [2.05, 4.69) is 15.9 Å². The van der Waals surface area contributed by atoms with Crippen molar-refractivity contribution in [3.63, 3.8) is 0 Å². The largest absolute Gasteiger partial charge is 0.292 e.